The molecule has 1 N–H and O–H groups in total. The second kappa shape index (κ2) is 8.18. The van der Waals surface area contributed by atoms with Crippen LogP contribution in [0.4, 0.5) is 5.69 Å². The fourth-order valence-corrected chi connectivity index (χ4v) is 4.95. The van der Waals surface area contributed by atoms with Crippen molar-refractivity contribution in [1.82, 2.24) is 5.32 Å². The Morgan fingerprint density at radius 3 is 2.60 bits per heavy atom. The molecular formula is C22H28N2O5S. The number of amides is 1. The van der Waals surface area contributed by atoms with Crippen LogP contribution in [0.3, 0.4) is 0 Å². The van der Waals surface area contributed by atoms with Crippen LogP contribution in [0, 0.1) is 0 Å². The minimum atomic E-state index is -3.72. The molecular weight excluding hydrogens is 404 g/mol. The lowest BCUT2D eigenvalue weighted by Crippen LogP contribution is -2.50. The molecule has 0 saturated carbocycles. The number of sulfonamides is 1. The van der Waals surface area contributed by atoms with E-state index in [0.29, 0.717) is 17.9 Å². The van der Waals surface area contributed by atoms with Crippen LogP contribution < -0.4 is 19.1 Å². The van der Waals surface area contributed by atoms with Crippen molar-refractivity contribution in [3.05, 3.63) is 54.1 Å². The molecule has 30 heavy (non-hydrogen) atoms. The quantitative estimate of drug-likeness (QED) is 0.757. The summed E-state index contributed by atoms with van der Waals surface area (Å²) in [5.74, 6) is 0.842. The fraction of sp³-hybridized carbons (Fsp3) is 0.409. The van der Waals surface area contributed by atoms with Crippen molar-refractivity contribution in [2.24, 2.45) is 0 Å². The Balaban J connectivity index is 1.89. The molecule has 2 aromatic rings. The summed E-state index contributed by atoms with van der Waals surface area (Å²) >= 11 is 0. The molecule has 7 nitrogen and oxygen atoms in total. The predicted octanol–water partition coefficient (Wildman–Crippen LogP) is 3.27. The summed E-state index contributed by atoms with van der Waals surface area (Å²) in [4.78, 5) is 13.2. The minimum absolute atomic E-state index is 0.286. The third kappa shape index (κ3) is 4.70. The van der Waals surface area contributed by atoms with Crippen LogP contribution >= 0.6 is 0 Å². The smallest absolute Gasteiger partial charge is 0.244 e. The number of carbonyl (C=O) groups excluding carboxylic acids is 1. The normalized spacial score (nSPS) is 18.5. The molecule has 2 unspecified atom stereocenters. The highest BCUT2D eigenvalue weighted by molar-refractivity contribution is 7.92. The Labute approximate surface area is 178 Å². The highest BCUT2D eigenvalue weighted by Crippen LogP contribution is 2.39. The zero-order valence-electron chi connectivity index (χ0n) is 17.9. The third-order valence-corrected chi connectivity index (χ3v) is 6.33. The van der Waals surface area contributed by atoms with E-state index in [9.17, 15) is 13.2 Å². The maximum Gasteiger partial charge on any atom is 0.244 e. The molecule has 1 aliphatic heterocycles. The number of hydrogen-bond donors (Lipinski definition) is 1. The lowest BCUT2D eigenvalue weighted by Gasteiger charge is -2.38. The zero-order chi connectivity index (χ0) is 22.1. The van der Waals surface area contributed by atoms with E-state index in [1.807, 2.05) is 38.1 Å². The van der Waals surface area contributed by atoms with Gasteiger partial charge in [-0.15, -0.1) is 0 Å². The lowest BCUT2D eigenvalue weighted by molar-refractivity contribution is -0.123. The SMILES string of the molecule is COc1cccc(N(C(C)C(=O)NC2CC(C)(C)Oc3ccccc32)S(C)(=O)=O)c1. The van der Waals surface area contributed by atoms with Gasteiger partial charge in [0.2, 0.25) is 15.9 Å². The van der Waals surface area contributed by atoms with Crippen molar-refractivity contribution < 1.29 is 22.7 Å². The standard InChI is InChI=1S/C22H28N2O5S/c1-15(24(30(5,26)27)16-9-8-10-17(13-16)28-4)21(25)23-19-14-22(2,3)29-20-12-7-6-11-18(19)20/h6-13,15,19H,14H2,1-5H3,(H,23,25). The van der Waals surface area contributed by atoms with Gasteiger partial charge in [0.15, 0.2) is 0 Å². The van der Waals surface area contributed by atoms with E-state index < -0.39 is 21.7 Å². The van der Waals surface area contributed by atoms with Crippen LogP contribution in [0.15, 0.2) is 48.5 Å². The van der Waals surface area contributed by atoms with Gasteiger partial charge in [-0.25, -0.2) is 8.42 Å². The van der Waals surface area contributed by atoms with Crippen molar-refractivity contribution in [3.63, 3.8) is 0 Å². The average molecular weight is 433 g/mol. The second-order valence-electron chi connectivity index (χ2n) is 8.10. The number of methoxy groups -OCH3 is 1. The first-order valence-corrected chi connectivity index (χ1v) is 11.6. The summed E-state index contributed by atoms with van der Waals surface area (Å²) in [7, 11) is -2.21. The predicted molar refractivity (Wildman–Crippen MR) is 116 cm³/mol. The van der Waals surface area contributed by atoms with Gasteiger partial charge in [0.25, 0.3) is 0 Å². The maximum absolute atomic E-state index is 13.2. The molecule has 1 aliphatic rings. The number of para-hydroxylation sites is 1. The molecule has 2 atom stereocenters. The van der Waals surface area contributed by atoms with E-state index in [1.165, 1.54) is 7.11 Å². The van der Waals surface area contributed by atoms with Gasteiger partial charge in [-0.05, 0) is 39.0 Å². The zero-order valence-corrected chi connectivity index (χ0v) is 18.7. The molecule has 0 fully saturated rings. The van der Waals surface area contributed by atoms with Gasteiger partial charge in [-0.1, -0.05) is 24.3 Å². The second-order valence-corrected chi connectivity index (χ2v) is 9.96. The monoisotopic (exact) mass is 432 g/mol. The van der Waals surface area contributed by atoms with E-state index in [1.54, 1.807) is 31.2 Å². The van der Waals surface area contributed by atoms with Gasteiger partial charge in [-0.2, -0.15) is 0 Å². The third-order valence-electron chi connectivity index (χ3n) is 5.09. The first-order chi connectivity index (χ1) is 14.0. The van der Waals surface area contributed by atoms with E-state index in [0.717, 1.165) is 21.9 Å². The van der Waals surface area contributed by atoms with Gasteiger partial charge < -0.3 is 14.8 Å². The number of ether oxygens (including phenoxy) is 2. The minimum Gasteiger partial charge on any atom is -0.497 e. The fourth-order valence-electron chi connectivity index (χ4n) is 3.78. The molecule has 1 amide bonds. The molecule has 0 aromatic heterocycles. The number of nitrogens with one attached hydrogen (secondary N) is 1. The number of fused-ring (bicyclic) bond motifs is 1. The van der Waals surface area contributed by atoms with Crippen LogP contribution in [0.2, 0.25) is 0 Å². The number of anilines is 1. The summed E-state index contributed by atoms with van der Waals surface area (Å²) in [5.41, 5.74) is 0.788. The van der Waals surface area contributed by atoms with Crippen LogP contribution in [-0.2, 0) is 14.8 Å². The Morgan fingerprint density at radius 2 is 1.93 bits per heavy atom. The number of carbonyl (C=O) groups is 1. The molecule has 3 rings (SSSR count). The molecule has 8 heteroatoms. The van der Waals surface area contributed by atoms with Crippen molar-refractivity contribution >= 4 is 21.6 Å². The molecule has 0 bridgehead atoms. The Hall–Kier alpha value is -2.74. The van der Waals surface area contributed by atoms with Crippen LogP contribution in [-0.4, -0.2) is 39.3 Å². The number of benzene rings is 2. The van der Waals surface area contributed by atoms with Crippen LogP contribution in [0.25, 0.3) is 0 Å². The number of hydrogen-bond acceptors (Lipinski definition) is 5. The van der Waals surface area contributed by atoms with Crippen LogP contribution in [0.5, 0.6) is 11.5 Å². The van der Waals surface area contributed by atoms with Crippen molar-refractivity contribution in [2.45, 2.75) is 44.9 Å². The highest BCUT2D eigenvalue weighted by Gasteiger charge is 2.36. The van der Waals surface area contributed by atoms with Gasteiger partial charge in [0.1, 0.15) is 23.1 Å². The molecule has 162 valence electrons. The highest BCUT2D eigenvalue weighted by atomic mass is 32.2. The Kier molecular flexibility index (Phi) is 5.99. The van der Waals surface area contributed by atoms with Crippen LogP contribution in [0.1, 0.15) is 38.8 Å². The molecule has 0 saturated heterocycles. The molecule has 0 aliphatic carbocycles. The molecule has 2 aromatic carbocycles. The van der Waals surface area contributed by atoms with E-state index in [-0.39, 0.29) is 11.9 Å². The van der Waals surface area contributed by atoms with Crippen molar-refractivity contribution in [3.8, 4) is 11.5 Å². The van der Waals surface area contributed by atoms with Gasteiger partial charge in [0.05, 0.1) is 25.1 Å². The maximum atomic E-state index is 13.2. The van der Waals surface area contributed by atoms with E-state index in [4.69, 9.17) is 9.47 Å². The summed E-state index contributed by atoms with van der Waals surface area (Å²) in [6.07, 6.45) is 1.66. The average Bonchev–Trinajstić information content (AvgIpc) is 2.66. The Bertz CT molecular complexity index is 1040. The lowest BCUT2D eigenvalue weighted by atomic mass is 9.89. The van der Waals surface area contributed by atoms with E-state index >= 15 is 0 Å². The van der Waals surface area contributed by atoms with Gasteiger partial charge >= 0.3 is 0 Å². The Morgan fingerprint density at radius 1 is 1.23 bits per heavy atom. The van der Waals surface area contributed by atoms with E-state index in [2.05, 4.69) is 5.32 Å². The summed E-state index contributed by atoms with van der Waals surface area (Å²) in [6, 6.07) is 13.0. The first-order valence-electron chi connectivity index (χ1n) is 9.73. The number of nitrogens with zero attached hydrogens (tertiary/aromatic N) is 1. The summed E-state index contributed by atoms with van der Waals surface area (Å²) in [6.45, 7) is 5.50. The summed E-state index contributed by atoms with van der Waals surface area (Å²) in [5, 5.41) is 3.03. The van der Waals surface area contributed by atoms with Gasteiger partial charge in [-0.3, -0.25) is 9.10 Å². The molecule has 0 radical (unpaired) electrons. The number of rotatable bonds is 6. The summed E-state index contributed by atoms with van der Waals surface area (Å²) < 4.78 is 37.4. The van der Waals surface area contributed by atoms with Gasteiger partial charge in [0, 0.05) is 18.1 Å². The first kappa shape index (κ1) is 22.0. The topological polar surface area (TPSA) is 84.9 Å². The van der Waals surface area contributed by atoms with Crippen molar-refractivity contribution in [1.29, 1.82) is 0 Å². The largest absolute Gasteiger partial charge is 0.497 e. The van der Waals surface area contributed by atoms with Crippen molar-refractivity contribution in [2.75, 3.05) is 17.7 Å². The molecule has 1 heterocycles. The molecule has 0 spiro atoms.